The fraction of sp³-hybridized carbons (Fsp3) is 0.875. The lowest BCUT2D eigenvalue weighted by atomic mass is 10.2. The predicted molar refractivity (Wildman–Crippen MR) is 59.9 cm³/mol. The van der Waals surface area contributed by atoms with Crippen molar-refractivity contribution in [2.24, 2.45) is 4.99 Å². The number of rotatable bonds is 2. The lowest BCUT2D eigenvalue weighted by Gasteiger charge is -2.22. The third-order valence-corrected chi connectivity index (χ3v) is 4.02. The molecule has 2 atom stereocenters. The molecule has 2 unspecified atom stereocenters. The van der Waals surface area contributed by atoms with Crippen LogP contribution >= 0.6 is 24.4 Å². The molecule has 2 saturated heterocycles. The van der Waals surface area contributed by atoms with Crippen molar-refractivity contribution in [2.75, 3.05) is 32.6 Å². The van der Waals surface area contributed by atoms with E-state index in [-0.39, 0.29) is 0 Å². The van der Waals surface area contributed by atoms with Crippen molar-refractivity contribution in [3.63, 3.8) is 0 Å². The number of thiol groups is 1. The number of hydrogen-bond acceptors (Lipinski definition) is 4. The Kier molecular flexibility index (Phi) is 3.06. The van der Waals surface area contributed by atoms with Gasteiger partial charge >= 0.3 is 0 Å². The molecule has 0 spiro atoms. The van der Waals surface area contributed by atoms with E-state index < -0.39 is 0 Å². The van der Waals surface area contributed by atoms with Crippen LogP contribution in [0.3, 0.4) is 0 Å². The SMILES string of the molecule is CN=C1SC2COCC2N1CCS. The van der Waals surface area contributed by atoms with Crippen LogP contribution in [0.5, 0.6) is 0 Å². The summed E-state index contributed by atoms with van der Waals surface area (Å²) in [6, 6.07) is 0.538. The van der Waals surface area contributed by atoms with E-state index in [0.717, 1.165) is 30.7 Å². The quantitative estimate of drug-likeness (QED) is 0.691. The fourth-order valence-electron chi connectivity index (χ4n) is 1.82. The molecule has 2 aliphatic heterocycles. The molecule has 13 heavy (non-hydrogen) atoms. The van der Waals surface area contributed by atoms with Crippen LogP contribution in [0.2, 0.25) is 0 Å². The first-order valence-electron chi connectivity index (χ1n) is 4.45. The molecule has 0 amide bonds. The van der Waals surface area contributed by atoms with Crippen molar-refractivity contribution < 1.29 is 4.74 Å². The Hall–Kier alpha value is 0.130. The third-order valence-electron chi connectivity index (χ3n) is 2.43. The molecule has 0 bridgehead atoms. The zero-order valence-electron chi connectivity index (χ0n) is 7.64. The molecule has 0 saturated carbocycles. The first-order valence-corrected chi connectivity index (χ1v) is 5.96. The van der Waals surface area contributed by atoms with Crippen LogP contribution in [-0.2, 0) is 4.74 Å². The van der Waals surface area contributed by atoms with E-state index in [1.54, 1.807) is 0 Å². The molecule has 2 aliphatic rings. The summed E-state index contributed by atoms with van der Waals surface area (Å²) in [5.41, 5.74) is 0. The van der Waals surface area contributed by atoms with Gasteiger partial charge in [-0.25, -0.2) is 0 Å². The van der Waals surface area contributed by atoms with Crippen LogP contribution in [0.15, 0.2) is 4.99 Å². The molecule has 2 fully saturated rings. The Bertz CT molecular complexity index is 222. The Labute approximate surface area is 88.3 Å². The highest BCUT2D eigenvalue weighted by atomic mass is 32.2. The molecule has 0 radical (unpaired) electrons. The van der Waals surface area contributed by atoms with Gasteiger partial charge in [-0.15, -0.1) is 0 Å². The molecule has 0 aromatic carbocycles. The van der Waals surface area contributed by atoms with Gasteiger partial charge in [-0.1, -0.05) is 11.8 Å². The monoisotopic (exact) mass is 218 g/mol. The maximum Gasteiger partial charge on any atom is 0.159 e. The molecule has 0 aromatic rings. The zero-order chi connectivity index (χ0) is 9.26. The summed E-state index contributed by atoms with van der Waals surface area (Å²) in [6.07, 6.45) is 0. The number of aliphatic imine (C=N–C) groups is 1. The number of hydrogen-bond donors (Lipinski definition) is 1. The van der Waals surface area contributed by atoms with E-state index in [4.69, 9.17) is 4.74 Å². The molecule has 5 heteroatoms. The van der Waals surface area contributed by atoms with Gasteiger partial charge in [0, 0.05) is 19.3 Å². The van der Waals surface area contributed by atoms with Crippen LogP contribution in [0.1, 0.15) is 0 Å². The highest BCUT2D eigenvalue weighted by Crippen LogP contribution is 2.35. The van der Waals surface area contributed by atoms with E-state index in [9.17, 15) is 0 Å². The van der Waals surface area contributed by atoms with Crippen LogP contribution in [0.25, 0.3) is 0 Å². The standard InChI is InChI=1S/C8H14N2OS2/c1-9-8-10(2-3-12)6-4-11-5-7(6)13-8/h6-7,12H,2-5H2,1H3. The van der Waals surface area contributed by atoms with E-state index in [1.165, 1.54) is 0 Å². The predicted octanol–water partition coefficient (Wildman–Crippen LogP) is 0.718. The molecule has 2 heterocycles. The number of amidine groups is 1. The van der Waals surface area contributed by atoms with Crippen LogP contribution < -0.4 is 0 Å². The van der Waals surface area contributed by atoms with Crippen molar-refractivity contribution in [2.45, 2.75) is 11.3 Å². The van der Waals surface area contributed by atoms with Crippen molar-refractivity contribution in [3.05, 3.63) is 0 Å². The third kappa shape index (κ3) is 1.69. The summed E-state index contributed by atoms with van der Waals surface area (Å²) >= 11 is 6.10. The van der Waals surface area contributed by atoms with Crippen molar-refractivity contribution in [1.29, 1.82) is 0 Å². The van der Waals surface area contributed by atoms with Crippen LogP contribution in [0, 0.1) is 0 Å². The fourth-order valence-corrected chi connectivity index (χ4v) is 3.32. The summed E-state index contributed by atoms with van der Waals surface area (Å²) in [5, 5.41) is 1.76. The van der Waals surface area contributed by atoms with Gasteiger partial charge in [0.2, 0.25) is 0 Å². The molecule has 3 nitrogen and oxygen atoms in total. The molecule has 2 rings (SSSR count). The topological polar surface area (TPSA) is 24.8 Å². The minimum atomic E-state index is 0.538. The van der Waals surface area contributed by atoms with E-state index in [0.29, 0.717) is 11.3 Å². The lowest BCUT2D eigenvalue weighted by molar-refractivity contribution is 0.175. The maximum absolute atomic E-state index is 5.44. The largest absolute Gasteiger partial charge is 0.378 e. The van der Waals surface area contributed by atoms with E-state index in [2.05, 4.69) is 22.5 Å². The van der Waals surface area contributed by atoms with Gasteiger partial charge in [0.05, 0.1) is 24.5 Å². The van der Waals surface area contributed by atoms with Gasteiger partial charge in [-0.2, -0.15) is 12.6 Å². The molecular formula is C8H14N2OS2. The average Bonchev–Trinajstić information content (AvgIpc) is 2.67. The Morgan fingerprint density at radius 3 is 3.23 bits per heavy atom. The second-order valence-electron chi connectivity index (χ2n) is 3.18. The van der Waals surface area contributed by atoms with Gasteiger partial charge in [-0.3, -0.25) is 4.99 Å². The number of ether oxygens (including phenoxy) is 1. The van der Waals surface area contributed by atoms with Gasteiger partial charge in [0.1, 0.15) is 0 Å². The van der Waals surface area contributed by atoms with Gasteiger partial charge < -0.3 is 9.64 Å². The summed E-state index contributed by atoms with van der Waals surface area (Å²) in [4.78, 5) is 6.61. The second-order valence-corrected chi connectivity index (χ2v) is 4.84. The molecule has 0 N–H and O–H groups in total. The molecule has 74 valence electrons. The van der Waals surface area contributed by atoms with E-state index in [1.807, 2.05) is 18.8 Å². The zero-order valence-corrected chi connectivity index (χ0v) is 9.35. The summed E-state index contributed by atoms with van der Waals surface area (Å²) in [7, 11) is 1.86. The van der Waals surface area contributed by atoms with Crippen molar-refractivity contribution >= 4 is 29.6 Å². The second kappa shape index (κ2) is 4.11. The van der Waals surface area contributed by atoms with Crippen LogP contribution in [-0.4, -0.2) is 53.9 Å². The summed E-state index contributed by atoms with van der Waals surface area (Å²) in [6.45, 7) is 2.70. The summed E-state index contributed by atoms with van der Waals surface area (Å²) < 4.78 is 5.44. The number of thioether (sulfide) groups is 1. The molecule has 0 aliphatic carbocycles. The van der Waals surface area contributed by atoms with Crippen molar-refractivity contribution in [1.82, 2.24) is 4.90 Å². The van der Waals surface area contributed by atoms with E-state index >= 15 is 0 Å². The first-order chi connectivity index (χ1) is 6.36. The Morgan fingerprint density at radius 2 is 2.54 bits per heavy atom. The maximum atomic E-state index is 5.44. The normalized spacial score (nSPS) is 35.8. The smallest absolute Gasteiger partial charge is 0.159 e. The Morgan fingerprint density at radius 1 is 1.69 bits per heavy atom. The number of nitrogens with zero attached hydrogens (tertiary/aromatic N) is 2. The first kappa shape index (κ1) is 9.68. The molecular weight excluding hydrogens is 204 g/mol. The highest BCUT2D eigenvalue weighted by molar-refractivity contribution is 8.14. The van der Waals surface area contributed by atoms with Gasteiger partial charge in [0.25, 0.3) is 0 Å². The lowest BCUT2D eigenvalue weighted by Crippen LogP contribution is -2.38. The van der Waals surface area contributed by atoms with Crippen molar-refractivity contribution in [3.8, 4) is 0 Å². The minimum Gasteiger partial charge on any atom is -0.378 e. The minimum absolute atomic E-state index is 0.538. The molecule has 0 aromatic heterocycles. The average molecular weight is 218 g/mol. The van der Waals surface area contributed by atoms with Gasteiger partial charge in [-0.05, 0) is 0 Å². The summed E-state index contributed by atoms with van der Waals surface area (Å²) in [5.74, 6) is 0.878. The highest BCUT2D eigenvalue weighted by Gasteiger charge is 2.42. The number of fused-ring (bicyclic) bond motifs is 1. The van der Waals surface area contributed by atoms with Gasteiger partial charge in [0.15, 0.2) is 5.17 Å². The van der Waals surface area contributed by atoms with Crippen LogP contribution in [0.4, 0.5) is 0 Å². The Balaban J connectivity index is 2.10.